The lowest BCUT2D eigenvalue weighted by Gasteiger charge is -2.09. The van der Waals surface area contributed by atoms with Crippen LogP contribution in [0.4, 0.5) is 0 Å². The van der Waals surface area contributed by atoms with Crippen LogP contribution in [0.15, 0.2) is 77.7 Å². The molecule has 0 bridgehead atoms. The van der Waals surface area contributed by atoms with Crippen LogP contribution in [-0.2, 0) is 0 Å². The van der Waals surface area contributed by atoms with Crippen molar-refractivity contribution in [2.75, 3.05) is 0 Å². The molecule has 0 amide bonds. The molecule has 0 aliphatic carbocycles. The zero-order valence-electron chi connectivity index (χ0n) is 13.2. The lowest BCUT2D eigenvalue weighted by molar-refractivity contribution is 0.109. The van der Waals surface area contributed by atoms with Crippen LogP contribution in [0.25, 0.3) is 21.8 Å². The minimum Gasteiger partial charge on any atom is -0.281 e. The lowest BCUT2D eigenvalue weighted by atomic mass is 10.0. The van der Waals surface area contributed by atoms with Gasteiger partial charge in [-0.2, -0.15) is 0 Å². The van der Waals surface area contributed by atoms with Gasteiger partial charge in [-0.05, 0) is 43.0 Å². The van der Waals surface area contributed by atoms with E-state index in [2.05, 4.69) is 4.98 Å². The molecule has 0 aliphatic rings. The Kier molecular flexibility index (Phi) is 3.79. The van der Waals surface area contributed by atoms with Gasteiger partial charge in [-0.25, -0.2) is 4.98 Å². The Morgan fingerprint density at radius 2 is 1.33 bits per heavy atom. The maximum atomic E-state index is 13.1. The summed E-state index contributed by atoms with van der Waals surface area (Å²) in [7, 11) is 0. The number of hydrogen-bond acceptors (Lipinski definition) is 3. The predicted octanol–water partition coefficient (Wildman–Crippen LogP) is 5.63. The highest BCUT2D eigenvalue weighted by Gasteiger charge is 2.16. The van der Waals surface area contributed by atoms with Crippen molar-refractivity contribution in [1.29, 1.82) is 0 Å². The zero-order valence-corrected chi connectivity index (χ0v) is 14.0. The molecular formula is C21H15NOS. The smallest absolute Gasteiger partial charge is 0.225 e. The van der Waals surface area contributed by atoms with Crippen molar-refractivity contribution in [2.45, 2.75) is 11.8 Å². The number of rotatable bonds is 2. The van der Waals surface area contributed by atoms with Crippen molar-refractivity contribution >= 4 is 38.7 Å². The minimum atomic E-state index is 0.0497. The van der Waals surface area contributed by atoms with E-state index >= 15 is 0 Å². The van der Waals surface area contributed by atoms with E-state index in [1.807, 2.05) is 79.7 Å². The van der Waals surface area contributed by atoms with Gasteiger partial charge in [0.1, 0.15) is 0 Å². The van der Waals surface area contributed by atoms with Gasteiger partial charge in [0.25, 0.3) is 0 Å². The number of carbonyl (C=O) groups is 1. The van der Waals surface area contributed by atoms with E-state index in [0.29, 0.717) is 0 Å². The molecule has 1 heterocycles. The number of para-hydroxylation sites is 2. The van der Waals surface area contributed by atoms with Crippen LogP contribution in [0.3, 0.4) is 0 Å². The molecule has 4 rings (SSSR count). The highest BCUT2D eigenvalue weighted by Crippen LogP contribution is 2.32. The van der Waals surface area contributed by atoms with Crippen LogP contribution in [0, 0.1) is 6.92 Å². The fourth-order valence-electron chi connectivity index (χ4n) is 2.82. The Labute approximate surface area is 144 Å². The number of pyridine rings is 1. The number of aryl methyl sites for hydroxylation is 1. The van der Waals surface area contributed by atoms with Gasteiger partial charge in [0.05, 0.1) is 11.0 Å². The molecule has 3 heteroatoms. The molecule has 3 aromatic carbocycles. The molecule has 24 heavy (non-hydrogen) atoms. The van der Waals surface area contributed by atoms with E-state index in [1.54, 1.807) is 0 Å². The predicted molar refractivity (Wildman–Crippen MR) is 101 cm³/mol. The van der Waals surface area contributed by atoms with E-state index < -0.39 is 0 Å². The summed E-state index contributed by atoms with van der Waals surface area (Å²) in [5, 5.41) is 1.86. The van der Waals surface area contributed by atoms with Crippen molar-refractivity contribution in [1.82, 2.24) is 4.98 Å². The quantitative estimate of drug-likeness (QED) is 0.353. The molecule has 1 aromatic heterocycles. The average Bonchev–Trinajstić information content (AvgIpc) is 2.61. The van der Waals surface area contributed by atoms with Crippen molar-refractivity contribution < 1.29 is 4.79 Å². The first kappa shape index (κ1) is 14.9. The highest BCUT2D eigenvalue weighted by molar-refractivity contribution is 8.14. The first-order valence-corrected chi connectivity index (χ1v) is 8.60. The number of benzene rings is 3. The molecule has 0 fully saturated rings. The van der Waals surface area contributed by atoms with Gasteiger partial charge in [-0.15, -0.1) is 0 Å². The standard InChI is InChI=1S/C21H15NOS/c1-14-10-12-15(13-11-14)24-21(23)20-16-6-2-4-8-18(16)22-19-9-5-3-7-17(19)20/h2-13H,1H3. The average molecular weight is 329 g/mol. The van der Waals surface area contributed by atoms with Gasteiger partial charge in [-0.1, -0.05) is 54.1 Å². The second-order valence-electron chi connectivity index (χ2n) is 5.72. The van der Waals surface area contributed by atoms with E-state index in [0.717, 1.165) is 32.3 Å². The third-order valence-electron chi connectivity index (χ3n) is 4.02. The second kappa shape index (κ2) is 6.10. The van der Waals surface area contributed by atoms with Crippen LogP contribution in [-0.4, -0.2) is 10.1 Å². The second-order valence-corrected chi connectivity index (χ2v) is 6.77. The fraction of sp³-hybridized carbons (Fsp3) is 0.0476. The van der Waals surface area contributed by atoms with E-state index in [-0.39, 0.29) is 5.12 Å². The summed E-state index contributed by atoms with van der Waals surface area (Å²) in [6.07, 6.45) is 0. The first-order valence-electron chi connectivity index (χ1n) is 7.79. The Morgan fingerprint density at radius 1 is 0.792 bits per heavy atom. The Hall–Kier alpha value is -2.65. The highest BCUT2D eigenvalue weighted by atomic mass is 32.2. The van der Waals surface area contributed by atoms with Crippen molar-refractivity contribution in [3.05, 3.63) is 83.9 Å². The van der Waals surface area contributed by atoms with Gasteiger partial charge in [0.2, 0.25) is 5.12 Å². The third-order valence-corrected chi connectivity index (χ3v) is 4.92. The first-order chi connectivity index (χ1) is 11.7. The van der Waals surface area contributed by atoms with E-state index in [4.69, 9.17) is 0 Å². The summed E-state index contributed by atoms with van der Waals surface area (Å²) in [4.78, 5) is 18.7. The molecular weight excluding hydrogens is 314 g/mol. The monoisotopic (exact) mass is 329 g/mol. The summed E-state index contributed by atoms with van der Waals surface area (Å²) in [6, 6.07) is 23.7. The largest absolute Gasteiger partial charge is 0.281 e. The lowest BCUT2D eigenvalue weighted by Crippen LogP contribution is -1.98. The van der Waals surface area contributed by atoms with Crippen molar-refractivity contribution in [2.24, 2.45) is 0 Å². The Bertz CT molecular complexity index is 1000. The topological polar surface area (TPSA) is 30.0 Å². The molecule has 0 saturated heterocycles. The Morgan fingerprint density at radius 3 is 1.92 bits per heavy atom. The van der Waals surface area contributed by atoms with Gasteiger partial charge >= 0.3 is 0 Å². The van der Waals surface area contributed by atoms with Crippen LogP contribution in [0.1, 0.15) is 15.9 Å². The summed E-state index contributed by atoms with van der Waals surface area (Å²) in [6.45, 7) is 2.04. The number of fused-ring (bicyclic) bond motifs is 2. The molecule has 2 nitrogen and oxygen atoms in total. The number of thioether (sulfide) groups is 1. The van der Waals surface area contributed by atoms with Gasteiger partial charge in [-0.3, -0.25) is 4.79 Å². The summed E-state index contributed by atoms with van der Waals surface area (Å²) in [5.74, 6) is 0. The van der Waals surface area contributed by atoms with E-state index in [1.165, 1.54) is 17.3 Å². The normalized spacial score (nSPS) is 11.0. The molecule has 0 saturated carbocycles. The molecule has 0 spiro atoms. The van der Waals surface area contributed by atoms with Gasteiger partial charge in [0, 0.05) is 21.2 Å². The van der Waals surface area contributed by atoms with Gasteiger partial charge < -0.3 is 0 Å². The Balaban J connectivity index is 1.89. The number of aromatic nitrogens is 1. The maximum absolute atomic E-state index is 13.1. The fourth-order valence-corrected chi connectivity index (χ4v) is 3.63. The van der Waals surface area contributed by atoms with E-state index in [9.17, 15) is 4.79 Å². The van der Waals surface area contributed by atoms with Crippen molar-refractivity contribution in [3.63, 3.8) is 0 Å². The van der Waals surface area contributed by atoms with Gasteiger partial charge in [0.15, 0.2) is 0 Å². The molecule has 0 aliphatic heterocycles. The minimum absolute atomic E-state index is 0.0497. The molecule has 116 valence electrons. The van der Waals surface area contributed by atoms with Crippen LogP contribution in [0.5, 0.6) is 0 Å². The van der Waals surface area contributed by atoms with Crippen LogP contribution >= 0.6 is 11.8 Å². The molecule has 0 N–H and O–H groups in total. The summed E-state index contributed by atoms with van der Waals surface area (Å²) >= 11 is 1.27. The summed E-state index contributed by atoms with van der Waals surface area (Å²) < 4.78 is 0. The van der Waals surface area contributed by atoms with Crippen LogP contribution in [0.2, 0.25) is 0 Å². The third kappa shape index (κ3) is 2.68. The maximum Gasteiger partial charge on any atom is 0.225 e. The molecule has 4 aromatic rings. The molecule has 0 unspecified atom stereocenters. The number of nitrogens with zero attached hydrogens (tertiary/aromatic N) is 1. The molecule has 0 radical (unpaired) electrons. The molecule has 0 atom stereocenters. The number of carbonyl (C=O) groups excluding carboxylic acids is 1. The van der Waals surface area contributed by atoms with Crippen LogP contribution < -0.4 is 0 Å². The zero-order chi connectivity index (χ0) is 16.5. The SMILES string of the molecule is Cc1ccc(SC(=O)c2c3ccccc3nc3ccccc23)cc1. The number of hydrogen-bond donors (Lipinski definition) is 0. The van der Waals surface area contributed by atoms with Crippen molar-refractivity contribution in [3.8, 4) is 0 Å². The summed E-state index contributed by atoms with van der Waals surface area (Å²) in [5.41, 5.74) is 3.63.